The summed E-state index contributed by atoms with van der Waals surface area (Å²) in [5.41, 5.74) is 1.34. The van der Waals surface area contributed by atoms with Gasteiger partial charge in [-0.2, -0.15) is 0 Å². The fraction of sp³-hybridized carbons (Fsp3) is 0.526. The third-order valence-corrected chi connectivity index (χ3v) is 5.15. The van der Waals surface area contributed by atoms with Crippen molar-refractivity contribution in [2.24, 2.45) is 0 Å². The zero-order valence-electron chi connectivity index (χ0n) is 15.1. The Kier molecular flexibility index (Phi) is 5.81. The summed E-state index contributed by atoms with van der Waals surface area (Å²) in [7, 11) is 0. The molecule has 1 fully saturated rings. The lowest BCUT2D eigenvalue weighted by atomic mass is 10.1. The summed E-state index contributed by atoms with van der Waals surface area (Å²) in [6.45, 7) is 7.64. The van der Waals surface area contributed by atoms with E-state index >= 15 is 0 Å². The Labute approximate surface area is 149 Å². The molecule has 1 saturated heterocycles. The van der Waals surface area contributed by atoms with Gasteiger partial charge in [-0.05, 0) is 25.8 Å². The van der Waals surface area contributed by atoms with E-state index in [9.17, 15) is 4.79 Å². The fourth-order valence-corrected chi connectivity index (χ4v) is 3.66. The van der Waals surface area contributed by atoms with Gasteiger partial charge in [0, 0.05) is 44.3 Å². The summed E-state index contributed by atoms with van der Waals surface area (Å²) < 4.78 is 1.71. The summed E-state index contributed by atoms with van der Waals surface area (Å²) in [6.07, 6.45) is 4.95. The average Bonchev–Trinajstić information content (AvgIpc) is 3.33. The van der Waals surface area contributed by atoms with E-state index in [-0.39, 0.29) is 5.91 Å². The van der Waals surface area contributed by atoms with Crippen LogP contribution in [0.5, 0.6) is 0 Å². The number of aromatic nitrogens is 3. The number of hydrogen-bond acceptors (Lipinski definition) is 4. The standard InChI is InChI=1S/C19H27N5O/c1-3-24(19(25)10-13-23-14-11-20-21-23)18-9-12-22(15-18)16(2)17-7-5-4-6-8-17/h4-8,11,14,16,18H,3,9-10,12-13,15H2,1-2H3/t16-,18-/m0/s1. The van der Waals surface area contributed by atoms with Crippen molar-refractivity contribution in [3.8, 4) is 0 Å². The molecule has 3 rings (SSSR count). The number of benzene rings is 1. The minimum absolute atomic E-state index is 0.206. The summed E-state index contributed by atoms with van der Waals surface area (Å²) in [4.78, 5) is 17.2. The van der Waals surface area contributed by atoms with Gasteiger partial charge in [-0.25, -0.2) is 0 Å². The molecule has 0 bridgehead atoms. The van der Waals surface area contributed by atoms with Crippen molar-refractivity contribution in [2.45, 2.75) is 45.3 Å². The Morgan fingerprint density at radius 3 is 2.84 bits per heavy atom. The van der Waals surface area contributed by atoms with Crippen LogP contribution in [-0.2, 0) is 11.3 Å². The molecule has 6 heteroatoms. The number of carbonyl (C=O) groups excluding carboxylic acids is 1. The van der Waals surface area contributed by atoms with E-state index in [4.69, 9.17) is 0 Å². The van der Waals surface area contributed by atoms with Crippen LogP contribution in [0.2, 0.25) is 0 Å². The van der Waals surface area contributed by atoms with E-state index in [2.05, 4.69) is 59.4 Å². The summed E-state index contributed by atoms with van der Waals surface area (Å²) in [5.74, 6) is 0.206. The smallest absolute Gasteiger partial charge is 0.224 e. The summed E-state index contributed by atoms with van der Waals surface area (Å²) in [5, 5.41) is 7.71. The van der Waals surface area contributed by atoms with Gasteiger partial charge in [0.2, 0.25) is 5.91 Å². The highest BCUT2D eigenvalue weighted by Gasteiger charge is 2.32. The molecular formula is C19H27N5O. The van der Waals surface area contributed by atoms with Gasteiger partial charge in [-0.1, -0.05) is 35.5 Å². The molecule has 6 nitrogen and oxygen atoms in total. The zero-order chi connectivity index (χ0) is 17.6. The lowest BCUT2D eigenvalue weighted by Crippen LogP contribution is -2.42. The molecule has 1 aromatic carbocycles. The minimum Gasteiger partial charge on any atom is -0.339 e. The van der Waals surface area contributed by atoms with Gasteiger partial charge < -0.3 is 4.90 Å². The van der Waals surface area contributed by atoms with E-state index in [1.165, 1.54) is 5.56 Å². The van der Waals surface area contributed by atoms with Gasteiger partial charge in [0.05, 0.1) is 12.7 Å². The van der Waals surface area contributed by atoms with Crippen molar-refractivity contribution >= 4 is 5.91 Å². The van der Waals surface area contributed by atoms with Gasteiger partial charge >= 0.3 is 0 Å². The van der Waals surface area contributed by atoms with Crippen molar-refractivity contribution in [3.05, 3.63) is 48.3 Å². The predicted molar refractivity (Wildman–Crippen MR) is 96.9 cm³/mol. The Morgan fingerprint density at radius 1 is 1.36 bits per heavy atom. The third kappa shape index (κ3) is 4.25. The number of rotatable bonds is 7. The molecule has 1 amide bonds. The summed E-state index contributed by atoms with van der Waals surface area (Å²) >= 11 is 0. The first-order valence-corrected chi connectivity index (χ1v) is 9.11. The number of likely N-dealkylation sites (tertiary alicyclic amines) is 1. The molecule has 0 spiro atoms. The first kappa shape index (κ1) is 17.6. The molecule has 25 heavy (non-hydrogen) atoms. The Morgan fingerprint density at radius 2 is 2.16 bits per heavy atom. The van der Waals surface area contributed by atoms with Crippen LogP contribution in [0.3, 0.4) is 0 Å². The van der Waals surface area contributed by atoms with E-state index in [1.807, 2.05) is 4.90 Å². The second-order valence-electron chi connectivity index (χ2n) is 6.62. The summed E-state index contributed by atoms with van der Waals surface area (Å²) in [6, 6.07) is 11.3. The average molecular weight is 341 g/mol. The molecule has 2 aromatic rings. The predicted octanol–water partition coefficient (Wildman–Crippen LogP) is 2.35. The Balaban J connectivity index is 1.56. The topological polar surface area (TPSA) is 54.3 Å². The normalized spacial score (nSPS) is 19.0. The lowest BCUT2D eigenvalue weighted by molar-refractivity contribution is -0.133. The van der Waals surface area contributed by atoms with Crippen LogP contribution in [0.1, 0.15) is 38.3 Å². The molecule has 1 aliphatic heterocycles. The maximum absolute atomic E-state index is 12.6. The number of nitrogens with zero attached hydrogens (tertiary/aromatic N) is 5. The number of likely N-dealkylation sites (N-methyl/N-ethyl adjacent to an activating group) is 1. The molecule has 0 aliphatic carbocycles. The van der Waals surface area contributed by atoms with Crippen LogP contribution in [0.15, 0.2) is 42.7 Å². The molecule has 0 saturated carbocycles. The van der Waals surface area contributed by atoms with Crippen molar-refractivity contribution in [1.82, 2.24) is 24.8 Å². The lowest BCUT2D eigenvalue weighted by Gasteiger charge is -2.30. The largest absolute Gasteiger partial charge is 0.339 e. The van der Waals surface area contributed by atoms with Crippen molar-refractivity contribution in [3.63, 3.8) is 0 Å². The molecule has 134 valence electrons. The number of amides is 1. The number of hydrogen-bond donors (Lipinski definition) is 0. The highest BCUT2D eigenvalue weighted by molar-refractivity contribution is 5.76. The first-order chi connectivity index (χ1) is 12.2. The number of aryl methyl sites for hydroxylation is 1. The van der Waals surface area contributed by atoms with Crippen LogP contribution in [-0.4, -0.2) is 56.4 Å². The monoisotopic (exact) mass is 341 g/mol. The molecule has 2 atom stereocenters. The van der Waals surface area contributed by atoms with Crippen molar-refractivity contribution < 1.29 is 4.79 Å². The van der Waals surface area contributed by atoms with Gasteiger partial charge in [-0.15, -0.1) is 5.10 Å². The van der Waals surface area contributed by atoms with E-state index in [1.54, 1.807) is 17.1 Å². The van der Waals surface area contributed by atoms with Crippen LogP contribution in [0.25, 0.3) is 0 Å². The maximum Gasteiger partial charge on any atom is 0.224 e. The highest BCUT2D eigenvalue weighted by Crippen LogP contribution is 2.26. The Bertz CT molecular complexity index is 658. The SMILES string of the molecule is CCN(C(=O)CCn1ccnn1)[C@H]1CCN([C@@H](C)c2ccccc2)C1. The van der Waals surface area contributed by atoms with Crippen LogP contribution >= 0.6 is 0 Å². The number of carbonyl (C=O) groups is 1. The maximum atomic E-state index is 12.6. The zero-order valence-corrected chi connectivity index (χ0v) is 15.1. The van der Waals surface area contributed by atoms with Gasteiger partial charge in [0.15, 0.2) is 0 Å². The van der Waals surface area contributed by atoms with Crippen LogP contribution in [0, 0.1) is 0 Å². The first-order valence-electron chi connectivity index (χ1n) is 9.11. The molecule has 2 heterocycles. The van der Waals surface area contributed by atoms with E-state index in [0.717, 1.165) is 26.1 Å². The fourth-order valence-electron chi connectivity index (χ4n) is 3.66. The quantitative estimate of drug-likeness (QED) is 0.776. The second-order valence-corrected chi connectivity index (χ2v) is 6.62. The molecule has 1 aliphatic rings. The third-order valence-electron chi connectivity index (χ3n) is 5.15. The molecular weight excluding hydrogens is 314 g/mol. The van der Waals surface area contributed by atoms with Gasteiger partial charge in [0.1, 0.15) is 0 Å². The second kappa shape index (κ2) is 8.25. The van der Waals surface area contributed by atoms with Gasteiger partial charge in [-0.3, -0.25) is 14.4 Å². The van der Waals surface area contributed by atoms with Crippen molar-refractivity contribution in [1.29, 1.82) is 0 Å². The van der Waals surface area contributed by atoms with Crippen LogP contribution in [0.4, 0.5) is 0 Å². The highest BCUT2D eigenvalue weighted by atomic mass is 16.2. The molecule has 1 aromatic heterocycles. The molecule has 0 radical (unpaired) electrons. The van der Waals surface area contributed by atoms with Crippen LogP contribution < -0.4 is 0 Å². The molecule has 0 unspecified atom stereocenters. The van der Waals surface area contributed by atoms with E-state index in [0.29, 0.717) is 25.0 Å². The van der Waals surface area contributed by atoms with Crippen molar-refractivity contribution in [2.75, 3.05) is 19.6 Å². The molecule has 0 N–H and O–H groups in total. The minimum atomic E-state index is 0.206. The van der Waals surface area contributed by atoms with Gasteiger partial charge in [0.25, 0.3) is 0 Å². The van der Waals surface area contributed by atoms with E-state index < -0.39 is 0 Å². The Hall–Kier alpha value is -2.21.